The molecule has 0 aliphatic carbocycles. The van der Waals surface area contributed by atoms with Gasteiger partial charge in [0.1, 0.15) is 5.78 Å². The van der Waals surface area contributed by atoms with E-state index in [1.807, 2.05) is 0 Å². The van der Waals surface area contributed by atoms with E-state index in [1.54, 1.807) is 0 Å². The zero-order valence-electron chi connectivity index (χ0n) is 5.29. The molecule has 0 spiro atoms. The molecule has 0 N–H and O–H groups in total. The van der Waals surface area contributed by atoms with Crippen LogP contribution in [0.5, 0.6) is 0 Å². The highest BCUT2D eigenvalue weighted by Crippen LogP contribution is 1.89. The fourth-order valence-electron chi connectivity index (χ4n) is 0.457. The number of rotatable bonds is 4. The molecule has 0 unspecified atom stereocenters. The van der Waals surface area contributed by atoms with Gasteiger partial charge in [0.2, 0.25) is 6.54 Å². The summed E-state index contributed by atoms with van der Waals surface area (Å²) in [5.74, 6) is 0.0110. The maximum atomic E-state index is 10.2. The number of hydrogen-bond acceptors (Lipinski definition) is 3. The molecule has 4 nitrogen and oxygen atoms in total. The minimum absolute atomic E-state index is 0.0110. The molecule has 0 saturated heterocycles. The van der Waals surface area contributed by atoms with E-state index < -0.39 is 4.92 Å². The second-order valence-corrected chi connectivity index (χ2v) is 1.86. The topological polar surface area (TPSA) is 60.2 Å². The van der Waals surface area contributed by atoms with E-state index in [0.29, 0.717) is 12.8 Å². The van der Waals surface area contributed by atoms with Crippen LogP contribution in [-0.2, 0) is 4.79 Å². The van der Waals surface area contributed by atoms with Gasteiger partial charge in [-0.05, 0) is 6.92 Å². The van der Waals surface area contributed by atoms with E-state index in [-0.39, 0.29) is 12.3 Å². The van der Waals surface area contributed by atoms with E-state index >= 15 is 0 Å². The second-order valence-electron chi connectivity index (χ2n) is 1.86. The Kier molecular flexibility index (Phi) is 3.59. The van der Waals surface area contributed by atoms with Crippen molar-refractivity contribution >= 4 is 5.78 Å². The summed E-state index contributed by atoms with van der Waals surface area (Å²) in [5.41, 5.74) is 0. The van der Waals surface area contributed by atoms with Crippen molar-refractivity contribution < 1.29 is 9.72 Å². The van der Waals surface area contributed by atoms with Crippen molar-refractivity contribution in [3.05, 3.63) is 10.1 Å². The average molecular weight is 131 g/mol. The zero-order chi connectivity index (χ0) is 7.28. The first-order valence-corrected chi connectivity index (χ1v) is 2.74. The lowest BCUT2D eigenvalue weighted by atomic mass is 10.2. The third-order valence-electron chi connectivity index (χ3n) is 0.870. The molecule has 4 heteroatoms. The molecule has 0 amide bonds. The standard InChI is InChI=1S/C5H9NO3/c1-5(7)3-2-4-6(8)9/h2-4H2,1H3. The van der Waals surface area contributed by atoms with Crippen LogP contribution in [0.25, 0.3) is 0 Å². The van der Waals surface area contributed by atoms with Crippen molar-refractivity contribution in [3.63, 3.8) is 0 Å². The molecule has 0 aliphatic heterocycles. The Morgan fingerprint density at radius 2 is 2.22 bits per heavy atom. The minimum atomic E-state index is -0.414. The second kappa shape index (κ2) is 4.00. The predicted octanol–water partition coefficient (Wildman–Crippen LogP) is 0.632. The number of nitro groups is 1. The van der Waals surface area contributed by atoms with E-state index in [0.717, 1.165) is 0 Å². The highest BCUT2D eigenvalue weighted by atomic mass is 16.6. The average Bonchev–Trinajstić information content (AvgIpc) is 1.63. The molecule has 52 valence electrons. The van der Waals surface area contributed by atoms with Crippen LogP contribution in [0.3, 0.4) is 0 Å². The van der Waals surface area contributed by atoms with Gasteiger partial charge in [-0.15, -0.1) is 0 Å². The molecule has 0 aliphatic rings. The summed E-state index contributed by atoms with van der Waals surface area (Å²) in [7, 11) is 0. The summed E-state index contributed by atoms with van der Waals surface area (Å²) >= 11 is 0. The molecule has 0 aromatic rings. The zero-order valence-corrected chi connectivity index (χ0v) is 5.29. The lowest BCUT2D eigenvalue weighted by molar-refractivity contribution is -0.480. The monoisotopic (exact) mass is 131 g/mol. The van der Waals surface area contributed by atoms with Gasteiger partial charge in [-0.1, -0.05) is 0 Å². The molecule has 0 aromatic carbocycles. The van der Waals surface area contributed by atoms with Crippen molar-refractivity contribution in [1.82, 2.24) is 0 Å². The van der Waals surface area contributed by atoms with Gasteiger partial charge >= 0.3 is 0 Å². The summed E-state index contributed by atoms with van der Waals surface area (Å²) in [6.45, 7) is 1.33. The molecule has 0 atom stereocenters. The quantitative estimate of drug-likeness (QED) is 0.415. The lowest BCUT2D eigenvalue weighted by Crippen LogP contribution is -2.02. The van der Waals surface area contributed by atoms with Crippen molar-refractivity contribution in [2.24, 2.45) is 0 Å². The minimum Gasteiger partial charge on any atom is -0.300 e. The first kappa shape index (κ1) is 8.07. The van der Waals surface area contributed by atoms with Crippen LogP contribution < -0.4 is 0 Å². The Balaban J connectivity index is 3.10. The number of carbonyl (C=O) groups is 1. The van der Waals surface area contributed by atoms with Gasteiger partial charge < -0.3 is 4.79 Å². The Morgan fingerprint density at radius 3 is 2.56 bits per heavy atom. The molecule has 9 heavy (non-hydrogen) atoms. The SMILES string of the molecule is CC(=O)CCC[N+](=O)[O-]. The molecular weight excluding hydrogens is 122 g/mol. The van der Waals surface area contributed by atoms with Crippen LogP contribution in [0.1, 0.15) is 19.8 Å². The van der Waals surface area contributed by atoms with Crippen molar-refractivity contribution in [2.45, 2.75) is 19.8 Å². The van der Waals surface area contributed by atoms with E-state index in [1.165, 1.54) is 6.92 Å². The first-order valence-electron chi connectivity index (χ1n) is 2.74. The van der Waals surface area contributed by atoms with Crippen LogP contribution in [-0.4, -0.2) is 17.3 Å². The number of carbonyl (C=O) groups excluding carboxylic acids is 1. The Labute approximate surface area is 53.0 Å². The van der Waals surface area contributed by atoms with Crippen LogP contribution in [0.2, 0.25) is 0 Å². The molecule has 0 aromatic heterocycles. The Bertz CT molecular complexity index is 107. The Hall–Kier alpha value is -0.930. The van der Waals surface area contributed by atoms with Gasteiger partial charge in [-0.2, -0.15) is 0 Å². The number of hydrogen-bond donors (Lipinski definition) is 0. The molecule has 0 radical (unpaired) electrons. The van der Waals surface area contributed by atoms with Gasteiger partial charge in [0.15, 0.2) is 0 Å². The van der Waals surface area contributed by atoms with Crippen LogP contribution >= 0.6 is 0 Å². The summed E-state index contributed by atoms with van der Waals surface area (Å²) in [6.07, 6.45) is 0.684. The van der Waals surface area contributed by atoms with Gasteiger partial charge in [-0.25, -0.2) is 0 Å². The third-order valence-corrected chi connectivity index (χ3v) is 0.870. The maximum Gasteiger partial charge on any atom is 0.204 e. The third kappa shape index (κ3) is 7.07. The van der Waals surface area contributed by atoms with Crippen molar-refractivity contribution in [1.29, 1.82) is 0 Å². The molecule has 0 heterocycles. The molecule has 0 saturated carbocycles. The number of nitrogens with zero attached hydrogens (tertiary/aromatic N) is 1. The van der Waals surface area contributed by atoms with Crippen LogP contribution in [0.15, 0.2) is 0 Å². The van der Waals surface area contributed by atoms with E-state index in [2.05, 4.69) is 0 Å². The van der Waals surface area contributed by atoms with E-state index in [9.17, 15) is 14.9 Å². The van der Waals surface area contributed by atoms with Crippen molar-refractivity contribution in [2.75, 3.05) is 6.54 Å². The molecular formula is C5H9NO3. The maximum absolute atomic E-state index is 10.2. The smallest absolute Gasteiger partial charge is 0.204 e. The van der Waals surface area contributed by atoms with Gasteiger partial charge in [0.25, 0.3) is 0 Å². The summed E-state index contributed by atoms with van der Waals surface area (Å²) in [5, 5.41) is 9.68. The molecule has 0 bridgehead atoms. The highest BCUT2D eigenvalue weighted by Gasteiger charge is 1.98. The lowest BCUT2D eigenvalue weighted by Gasteiger charge is -1.88. The number of ketones is 1. The van der Waals surface area contributed by atoms with E-state index in [4.69, 9.17) is 0 Å². The van der Waals surface area contributed by atoms with Gasteiger partial charge in [0, 0.05) is 17.8 Å². The fraction of sp³-hybridized carbons (Fsp3) is 0.800. The van der Waals surface area contributed by atoms with Gasteiger partial charge in [0.05, 0.1) is 0 Å². The largest absolute Gasteiger partial charge is 0.300 e. The van der Waals surface area contributed by atoms with Gasteiger partial charge in [-0.3, -0.25) is 10.1 Å². The summed E-state index contributed by atoms with van der Waals surface area (Å²) in [6, 6.07) is 0. The highest BCUT2D eigenvalue weighted by molar-refractivity contribution is 5.75. The molecule has 0 fully saturated rings. The summed E-state index contributed by atoms with van der Waals surface area (Å²) in [4.78, 5) is 19.5. The van der Waals surface area contributed by atoms with Crippen molar-refractivity contribution in [3.8, 4) is 0 Å². The van der Waals surface area contributed by atoms with Crippen LogP contribution in [0, 0.1) is 10.1 Å². The predicted molar refractivity (Wildman–Crippen MR) is 31.8 cm³/mol. The fourth-order valence-corrected chi connectivity index (χ4v) is 0.457. The van der Waals surface area contributed by atoms with Crippen LogP contribution in [0.4, 0.5) is 0 Å². The molecule has 0 rings (SSSR count). The number of Topliss-reactive ketones (excluding diaryl/α,β-unsaturated/α-hetero) is 1. The Morgan fingerprint density at radius 1 is 1.67 bits per heavy atom. The normalized spacial score (nSPS) is 9.00. The first-order chi connectivity index (χ1) is 4.13. The summed E-state index contributed by atoms with van der Waals surface area (Å²) < 4.78 is 0.